The van der Waals surface area contributed by atoms with Gasteiger partial charge in [-0.25, -0.2) is 13.2 Å². The van der Waals surface area contributed by atoms with E-state index in [0.29, 0.717) is 5.76 Å². The van der Waals surface area contributed by atoms with Crippen molar-refractivity contribution in [1.29, 1.82) is 0 Å². The summed E-state index contributed by atoms with van der Waals surface area (Å²) in [6.07, 6.45) is 4.61. The second-order valence-electron chi connectivity index (χ2n) is 5.46. The van der Waals surface area contributed by atoms with Crippen molar-refractivity contribution < 1.29 is 22.4 Å². The van der Waals surface area contributed by atoms with Crippen molar-refractivity contribution >= 4 is 16.0 Å². The Labute approximate surface area is 140 Å². The molecule has 0 unspecified atom stereocenters. The average molecular weight is 347 g/mol. The molecule has 1 aromatic heterocycles. The fourth-order valence-corrected chi connectivity index (χ4v) is 4.32. The number of ether oxygens (including phenoxy) is 1. The SMILES string of the molecule is COC(=O)[C@H]1C=C[C@H](c2ccco2)N1S(=O)(=O)c1ccc(C)cc1. The van der Waals surface area contributed by atoms with Crippen LogP contribution in [0.1, 0.15) is 17.4 Å². The van der Waals surface area contributed by atoms with Gasteiger partial charge in [-0.05, 0) is 31.2 Å². The van der Waals surface area contributed by atoms with Crippen molar-refractivity contribution in [2.45, 2.75) is 23.9 Å². The van der Waals surface area contributed by atoms with E-state index in [0.717, 1.165) is 9.87 Å². The van der Waals surface area contributed by atoms with Gasteiger partial charge in [0.15, 0.2) is 0 Å². The summed E-state index contributed by atoms with van der Waals surface area (Å²) >= 11 is 0. The highest BCUT2D eigenvalue weighted by Gasteiger charge is 2.44. The van der Waals surface area contributed by atoms with Crippen molar-refractivity contribution in [3.05, 3.63) is 66.1 Å². The van der Waals surface area contributed by atoms with Crippen LogP contribution in [-0.4, -0.2) is 31.8 Å². The van der Waals surface area contributed by atoms with Crippen LogP contribution in [0.3, 0.4) is 0 Å². The summed E-state index contributed by atoms with van der Waals surface area (Å²) in [5.74, 6) is -0.204. The maximum Gasteiger partial charge on any atom is 0.328 e. The van der Waals surface area contributed by atoms with Crippen molar-refractivity contribution in [2.75, 3.05) is 7.11 Å². The van der Waals surface area contributed by atoms with Crippen molar-refractivity contribution in [3.63, 3.8) is 0 Å². The molecule has 1 aliphatic rings. The molecule has 1 aromatic carbocycles. The third-order valence-electron chi connectivity index (χ3n) is 3.90. The zero-order valence-corrected chi connectivity index (χ0v) is 14.1. The molecule has 2 atom stereocenters. The number of furan rings is 1. The molecule has 0 amide bonds. The molecule has 0 N–H and O–H groups in total. The van der Waals surface area contributed by atoms with E-state index in [4.69, 9.17) is 9.15 Å². The molecule has 126 valence electrons. The maximum absolute atomic E-state index is 13.1. The number of carbonyl (C=O) groups is 1. The highest BCUT2D eigenvalue weighted by Crippen LogP contribution is 2.36. The lowest BCUT2D eigenvalue weighted by Crippen LogP contribution is -2.42. The molecule has 3 rings (SSSR count). The normalized spacial score (nSPS) is 21.1. The predicted molar refractivity (Wildman–Crippen MR) is 86.6 cm³/mol. The van der Waals surface area contributed by atoms with Gasteiger partial charge in [-0.1, -0.05) is 29.8 Å². The zero-order valence-electron chi connectivity index (χ0n) is 13.2. The van der Waals surface area contributed by atoms with E-state index in [9.17, 15) is 13.2 Å². The second kappa shape index (κ2) is 6.26. The van der Waals surface area contributed by atoms with Crippen LogP contribution in [0.5, 0.6) is 0 Å². The molecule has 2 aromatic rings. The number of nitrogens with zero attached hydrogens (tertiary/aromatic N) is 1. The van der Waals surface area contributed by atoms with Gasteiger partial charge in [0.05, 0.1) is 18.3 Å². The average Bonchev–Trinajstić information content (AvgIpc) is 3.23. The lowest BCUT2D eigenvalue weighted by molar-refractivity contribution is -0.143. The summed E-state index contributed by atoms with van der Waals surface area (Å²) in [6, 6.07) is 8.09. The minimum absolute atomic E-state index is 0.113. The fraction of sp³-hybridized carbons (Fsp3) is 0.235. The van der Waals surface area contributed by atoms with Gasteiger partial charge in [0.2, 0.25) is 10.0 Å². The first-order valence-corrected chi connectivity index (χ1v) is 8.79. The monoisotopic (exact) mass is 347 g/mol. The quantitative estimate of drug-likeness (QED) is 0.627. The zero-order chi connectivity index (χ0) is 17.3. The number of sulfonamides is 1. The van der Waals surface area contributed by atoms with E-state index in [2.05, 4.69) is 0 Å². The second-order valence-corrected chi connectivity index (χ2v) is 7.30. The molecule has 0 spiro atoms. The molecular weight excluding hydrogens is 330 g/mol. The lowest BCUT2D eigenvalue weighted by atomic mass is 10.2. The van der Waals surface area contributed by atoms with Crippen LogP contribution >= 0.6 is 0 Å². The number of aryl methyl sites for hydroxylation is 1. The molecular formula is C17H17NO5S. The van der Waals surface area contributed by atoms with Gasteiger partial charge >= 0.3 is 5.97 Å². The number of esters is 1. The molecule has 6 nitrogen and oxygen atoms in total. The standard InChI is InChI=1S/C17H17NO5S/c1-12-5-7-13(8-6-12)24(20,21)18-14(16-4-3-11-23-16)9-10-15(18)17(19)22-2/h3-11,14-15H,1-2H3/t14-,15-/m1/s1. The Morgan fingerprint density at radius 1 is 1.17 bits per heavy atom. The van der Waals surface area contributed by atoms with Gasteiger partial charge in [0.25, 0.3) is 0 Å². The molecule has 7 heteroatoms. The smallest absolute Gasteiger partial charge is 0.328 e. The molecule has 24 heavy (non-hydrogen) atoms. The maximum atomic E-state index is 13.1. The minimum Gasteiger partial charge on any atom is -0.468 e. The summed E-state index contributed by atoms with van der Waals surface area (Å²) in [7, 11) is -2.70. The Kier molecular flexibility index (Phi) is 4.29. The number of hydrogen-bond acceptors (Lipinski definition) is 5. The van der Waals surface area contributed by atoms with Gasteiger partial charge in [0, 0.05) is 0 Å². The summed E-state index contributed by atoms with van der Waals surface area (Å²) in [5, 5.41) is 0. The molecule has 0 bridgehead atoms. The number of hydrogen-bond donors (Lipinski definition) is 0. The molecule has 0 saturated heterocycles. The van der Waals surface area contributed by atoms with Gasteiger partial charge in [-0.15, -0.1) is 0 Å². The number of methoxy groups -OCH3 is 1. The van der Waals surface area contributed by atoms with Crippen molar-refractivity contribution in [3.8, 4) is 0 Å². The van der Waals surface area contributed by atoms with E-state index in [1.54, 1.807) is 30.3 Å². The fourth-order valence-electron chi connectivity index (χ4n) is 2.67. The Morgan fingerprint density at radius 3 is 2.46 bits per heavy atom. The van der Waals surface area contributed by atoms with Crippen molar-refractivity contribution in [2.24, 2.45) is 0 Å². The van der Waals surface area contributed by atoms with Crippen LogP contribution in [-0.2, 0) is 19.6 Å². The number of carbonyl (C=O) groups excluding carboxylic acids is 1. The van der Waals surface area contributed by atoms with Crippen LogP contribution < -0.4 is 0 Å². The molecule has 1 aliphatic heterocycles. The predicted octanol–water partition coefficient (Wildman–Crippen LogP) is 2.43. The Hall–Kier alpha value is -2.38. The first-order valence-electron chi connectivity index (χ1n) is 7.35. The molecule has 2 heterocycles. The topological polar surface area (TPSA) is 76.8 Å². The van der Waals surface area contributed by atoms with Gasteiger partial charge in [-0.2, -0.15) is 4.31 Å². The van der Waals surface area contributed by atoms with E-state index in [1.165, 1.54) is 31.6 Å². The summed E-state index contributed by atoms with van der Waals surface area (Å²) in [5.41, 5.74) is 0.945. The first kappa shape index (κ1) is 16.5. The van der Waals surface area contributed by atoms with Crippen molar-refractivity contribution in [1.82, 2.24) is 4.31 Å². The van der Waals surface area contributed by atoms with Crippen LogP contribution in [0.4, 0.5) is 0 Å². The number of benzene rings is 1. The number of rotatable bonds is 4. The van der Waals surface area contributed by atoms with Gasteiger partial charge in [-0.3, -0.25) is 0 Å². The third kappa shape index (κ3) is 2.76. The molecule has 0 radical (unpaired) electrons. The summed E-state index contributed by atoms with van der Waals surface area (Å²) < 4.78 is 37.5. The van der Waals surface area contributed by atoms with E-state index >= 15 is 0 Å². The molecule has 0 aliphatic carbocycles. The highest BCUT2D eigenvalue weighted by atomic mass is 32.2. The summed E-state index contributed by atoms with van der Waals surface area (Å²) in [4.78, 5) is 12.2. The third-order valence-corrected chi connectivity index (χ3v) is 5.77. The van der Waals surface area contributed by atoms with E-state index in [-0.39, 0.29) is 4.90 Å². The molecule has 0 saturated carbocycles. The summed E-state index contributed by atoms with van der Waals surface area (Å²) in [6.45, 7) is 1.87. The molecule has 0 fully saturated rings. The first-order chi connectivity index (χ1) is 11.4. The largest absolute Gasteiger partial charge is 0.468 e. The van der Waals surface area contributed by atoms with Gasteiger partial charge in [0.1, 0.15) is 17.8 Å². The minimum atomic E-state index is -3.92. The van der Waals surface area contributed by atoms with Crippen LogP contribution in [0.15, 0.2) is 64.1 Å². The van der Waals surface area contributed by atoms with Crippen LogP contribution in [0.2, 0.25) is 0 Å². The van der Waals surface area contributed by atoms with E-state index in [1.807, 2.05) is 6.92 Å². The Balaban J connectivity index is 2.07. The Morgan fingerprint density at radius 2 is 1.88 bits per heavy atom. The lowest BCUT2D eigenvalue weighted by Gasteiger charge is -2.27. The van der Waals surface area contributed by atoms with Crippen LogP contribution in [0, 0.1) is 6.92 Å². The van der Waals surface area contributed by atoms with Crippen LogP contribution in [0.25, 0.3) is 0 Å². The highest BCUT2D eigenvalue weighted by molar-refractivity contribution is 7.89. The Bertz CT molecular complexity index is 853. The van der Waals surface area contributed by atoms with E-state index < -0.39 is 28.1 Å². The van der Waals surface area contributed by atoms with Gasteiger partial charge < -0.3 is 9.15 Å².